The number of carbonyl (C=O) groups is 1. The van der Waals surface area contributed by atoms with E-state index in [1.165, 1.54) is 22.0 Å². The third-order valence-electron chi connectivity index (χ3n) is 6.10. The summed E-state index contributed by atoms with van der Waals surface area (Å²) in [5.41, 5.74) is 2.35. The Morgan fingerprint density at radius 3 is 2.17 bits per heavy atom. The average Bonchev–Trinajstić information content (AvgIpc) is 3.58. The van der Waals surface area contributed by atoms with E-state index in [1.807, 2.05) is 0 Å². The van der Waals surface area contributed by atoms with Gasteiger partial charge in [0.2, 0.25) is 15.9 Å². The molecule has 7 heteroatoms. The number of hydrogen-bond acceptors (Lipinski definition) is 3. The summed E-state index contributed by atoms with van der Waals surface area (Å²) >= 11 is 5.87. The smallest absolute Gasteiger partial charge is 0.243 e. The van der Waals surface area contributed by atoms with Crippen LogP contribution in [0.15, 0.2) is 53.4 Å². The second-order valence-electron chi connectivity index (χ2n) is 8.37. The quantitative estimate of drug-likeness (QED) is 0.718. The van der Waals surface area contributed by atoms with Gasteiger partial charge in [0.05, 0.1) is 10.9 Å². The molecule has 0 bridgehead atoms. The van der Waals surface area contributed by atoms with E-state index in [9.17, 15) is 13.2 Å². The first-order valence-electron chi connectivity index (χ1n) is 10.5. The first-order valence-corrected chi connectivity index (χ1v) is 12.3. The molecule has 1 heterocycles. The molecular formula is C23H27ClN2O3S. The van der Waals surface area contributed by atoms with Gasteiger partial charge in [-0.05, 0) is 68.4 Å². The number of sulfonamides is 1. The number of halogens is 1. The molecule has 1 saturated carbocycles. The lowest BCUT2D eigenvalue weighted by molar-refractivity contribution is -0.127. The number of rotatable bonds is 6. The summed E-state index contributed by atoms with van der Waals surface area (Å²) < 4.78 is 27.2. The maximum absolute atomic E-state index is 13.0. The number of carbonyl (C=O) groups excluding carboxylic acids is 1. The zero-order chi connectivity index (χ0) is 21.3. The Kier molecular flexibility index (Phi) is 6.19. The lowest BCUT2D eigenvalue weighted by Gasteiger charge is -2.31. The summed E-state index contributed by atoms with van der Waals surface area (Å²) in [4.78, 5) is 13.2. The van der Waals surface area contributed by atoms with Gasteiger partial charge < -0.3 is 5.32 Å². The van der Waals surface area contributed by atoms with Crippen molar-refractivity contribution in [1.82, 2.24) is 9.62 Å². The second kappa shape index (κ2) is 8.69. The monoisotopic (exact) mass is 446 g/mol. The Bertz CT molecular complexity index is 994. The van der Waals surface area contributed by atoms with Crippen molar-refractivity contribution in [1.29, 1.82) is 0 Å². The van der Waals surface area contributed by atoms with Crippen LogP contribution in [-0.4, -0.2) is 31.7 Å². The molecule has 4 rings (SSSR count). The molecule has 2 aromatic carbocycles. The molecule has 1 aliphatic heterocycles. The molecule has 2 aliphatic rings. The molecule has 1 amide bonds. The van der Waals surface area contributed by atoms with Gasteiger partial charge in [-0.2, -0.15) is 4.31 Å². The second-order valence-corrected chi connectivity index (χ2v) is 10.7. The van der Waals surface area contributed by atoms with Gasteiger partial charge in [-0.3, -0.25) is 4.79 Å². The largest absolute Gasteiger partial charge is 0.349 e. The fraction of sp³-hybridized carbons (Fsp3) is 0.435. The zero-order valence-electron chi connectivity index (χ0n) is 17.1. The maximum atomic E-state index is 13.0. The maximum Gasteiger partial charge on any atom is 0.243 e. The topological polar surface area (TPSA) is 66.5 Å². The minimum atomic E-state index is -3.56. The summed E-state index contributed by atoms with van der Waals surface area (Å²) in [5.74, 6) is 0.381. The average molecular weight is 447 g/mol. The number of piperidine rings is 1. The Hall–Kier alpha value is -1.89. The van der Waals surface area contributed by atoms with Crippen molar-refractivity contribution in [3.05, 3.63) is 64.7 Å². The third kappa shape index (κ3) is 4.71. The lowest BCUT2D eigenvalue weighted by atomic mass is 9.95. The summed E-state index contributed by atoms with van der Waals surface area (Å²) in [6, 6.07) is 14.6. The summed E-state index contributed by atoms with van der Waals surface area (Å²) in [6.45, 7) is 2.75. The summed E-state index contributed by atoms with van der Waals surface area (Å²) in [5, 5.41) is 3.76. The molecule has 0 radical (unpaired) electrons. The predicted octanol–water partition coefficient (Wildman–Crippen LogP) is 4.32. The first-order chi connectivity index (χ1) is 14.3. The van der Waals surface area contributed by atoms with Crippen LogP contribution in [-0.2, 0) is 14.8 Å². The highest BCUT2D eigenvalue weighted by molar-refractivity contribution is 7.89. The highest BCUT2D eigenvalue weighted by atomic mass is 35.5. The van der Waals surface area contributed by atoms with Gasteiger partial charge in [-0.25, -0.2) is 8.42 Å². The molecule has 1 atom stereocenters. The molecule has 160 valence electrons. The van der Waals surface area contributed by atoms with Crippen LogP contribution in [0.3, 0.4) is 0 Å². The summed E-state index contributed by atoms with van der Waals surface area (Å²) in [6.07, 6.45) is 3.33. The first kappa shape index (κ1) is 21.3. The van der Waals surface area contributed by atoms with Crippen molar-refractivity contribution in [2.75, 3.05) is 13.1 Å². The molecule has 30 heavy (non-hydrogen) atoms. The third-order valence-corrected chi connectivity index (χ3v) is 8.27. The molecule has 0 aromatic heterocycles. The Morgan fingerprint density at radius 2 is 1.60 bits per heavy atom. The van der Waals surface area contributed by atoms with E-state index >= 15 is 0 Å². The SMILES string of the molecule is Cc1ccc([C@@H](NC(=O)C2CCN(S(=O)(=O)c3ccc(Cl)cc3)CC2)C2CC2)cc1. The molecule has 0 unspecified atom stereocenters. The molecule has 1 aliphatic carbocycles. The normalized spacial score (nSPS) is 19.4. The van der Waals surface area contributed by atoms with E-state index in [0.717, 1.165) is 18.4 Å². The van der Waals surface area contributed by atoms with Gasteiger partial charge in [-0.15, -0.1) is 0 Å². The zero-order valence-corrected chi connectivity index (χ0v) is 18.6. The fourth-order valence-corrected chi connectivity index (χ4v) is 5.66. The van der Waals surface area contributed by atoms with E-state index in [4.69, 9.17) is 11.6 Å². The summed E-state index contributed by atoms with van der Waals surface area (Å²) in [7, 11) is -3.56. The van der Waals surface area contributed by atoms with Gasteiger partial charge in [0.15, 0.2) is 0 Å². The molecule has 5 nitrogen and oxygen atoms in total. The lowest BCUT2D eigenvalue weighted by Crippen LogP contribution is -2.43. The number of nitrogens with one attached hydrogen (secondary N) is 1. The highest BCUT2D eigenvalue weighted by Gasteiger charge is 2.36. The van der Waals surface area contributed by atoms with Gasteiger partial charge in [0.1, 0.15) is 0 Å². The van der Waals surface area contributed by atoms with Gasteiger partial charge in [0.25, 0.3) is 0 Å². The number of nitrogens with zero attached hydrogens (tertiary/aromatic N) is 1. The molecule has 1 saturated heterocycles. The highest BCUT2D eigenvalue weighted by Crippen LogP contribution is 2.41. The molecule has 2 aromatic rings. The Morgan fingerprint density at radius 1 is 1.00 bits per heavy atom. The molecular weight excluding hydrogens is 420 g/mol. The number of benzene rings is 2. The number of hydrogen-bond donors (Lipinski definition) is 1. The van der Waals surface area contributed by atoms with Crippen LogP contribution in [0.1, 0.15) is 42.9 Å². The van der Waals surface area contributed by atoms with Crippen LogP contribution in [0.2, 0.25) is 5.02 Å². The van der Waals surface area contributed by atoms with Crippen LogP contribution in [0.25, 0.3) is 0 Å². The van der Waals surface area contributed by atoms with Crippen LogP contribution in [0.4, 0.5) is 0 Å². The van der Waals surface area contributed by atoms with Crippen LogP contribution >= 0.6 is 11.6 Å². The number of aryl methyl sites for hydroxylation is 1. The minimum absolute atomic E-state index is 0.0380. The van der Waals surface area contributed by atoms with E-state index in [2.05, 4.69) is 36.5 Å². The van der Waals surface area contributed by atoms with Crippen LogP contribution in [0.5, 0.6) is 0 Å². The van der Waals surface area contributed by atoms with Crippen molar-refractivity contribution >= 4 is 27.5 Å². The molecule has 0 spiro atoms. The van der Waals surface area contributed by atoms with E-state index in [0.29, 0.717) is 36.9 Å². The van der Waals surface area contributed by atoms with Crippen molar-refractivity contribution < 1.29 is 13.2 Å². The van der Waals surface area contributed by atoms with Crippen LogP contribution in [0, 0.1) is 18.8 Å². The van der Waals surface area contributed by atoms with Crippen molar-refractivity contribution in [2.45, 2.75) is 43.5 Å². The van der Waals surface area contributed by atoms with Gasteiger partial charge in [-0.1, -0.05) is 41.4 Å². The standard InChI is InChI=1S/C23H27ClN2O3S/c1-16-2-4-17(5-3-16)22(18-6-7-18)25-23(27)19-12-14-26(15-13-19)30(28,29)21-10-8-20(24)9-11-21/h2-5,8-11,18-19,22H,6-7,12-15H2,1H3,(H,25,27)/t22-/m1/s1. The van der Waals surface area contributed by atoms with E-state index in [-0.39, 0.29) is 22.8 Å². The predicted molar refractivity (Wildman–Crippen MR) is 118 cm³/mol. The van der Waals surface area contributed by atoms with Crippen molar-refractivity contribution in [2.24, 2.45) is 11.8 Å². The van der Waals surface area contributed by atoms with Crippen molar-refractivity contribution in [3.8, 4) is 0 Å². The van der Waals surface area contributed by atoms with E-state index < -0.39 is 10.0 Å². The van der Waals surface area contributed by atoms with Crippen LogP contribution < -0.4 is 5.32 Å². The van der Waals surface area contributed by atoms with Gasteiger partial charge >= 0.3 is 0 Å². The van der Waals surface area contributed by atoms with E-state index in [1.54, 1.807) is 12.1 Å². The fourth-order valence-electron chi connectivity index (χ4n) is 4.06. The molecule has 1 N–H and O–H groups in total. The Balaban J connectivity index is 1.38. The molecule has 2 fully saturated rings. The van der Waals surface area contributed by atoms with Gasteiger partial charge in [0, 0.05) is 24.0 Å². The van der Waals surface area contributed by atoms with Crippen molar-refractivity contribution in [3.63, 3.8) is 0 Å². The minimum Gasteiger partial charge on any atom is -0.349 e. The number of amides is 1. The Labute approximate surface area is 183 Å².